The lowest BCUT2D eigenvalue weighted by atomic mass is 10.2. The van der Waals surface area contributed by atoms with E-state index in [2.05, 4.69) is 11.9 Å². The van der Waals surface area contributed by atoms with Crippen LogP contribution in [0.2, 0.25) is 0 Å². The Morgan fingerprint density at radius 1 is 1.32 bits per heavy atom. The molecule has 0 aliphatic rings. The first-order valence-electron chi connectivity index (χ1n) is 6.63. The maximum Gasteiger partial charge on any atom is 0.254 e. The molecule has 0 bridgehead atoms. The van der Waals surface area contributed by atoms with Crippen molar-refractivity contribution in [1.29, 1.82) is 0 Å². The summed E-state index contributed by atoms with van der Waals surface area (Å²) >= 11 is 0. The molecule has 0 aliphatic carbocycles. The zero-order valence-corrected chi connectivity index (χ0v) is 12.0. The molecule has 0 atom stereocenters. The van der Waals surface area contributed by atoms with Crippen LogP contribution >= 0.6 is 0 Å². The second kappa shape index (κ2) is 7.74. The molecule has 5 heteroatoms. The Kier molecular flexibility index (Phi) is 6.29. The van der Waals surface area contributed by atoms with Crippen LogP contribution < -0.4 is 4.90 Å². The minimum absolute atomic E-state index is 0.0543. The van der Waals surface area contributed by atoms with Crippen molar-refractivity contribution in [2.45, 2.75) is 19.8 Å². The summed E-state index contributed by atoms with van der Waals surface area (Å²) in [7, 11) is 3.44. The van der Waals surface area contributed by atoms with Gasteiger partial charge in [0.2, 0.25) is 0 Å². The molecule has 0 saturated carbocycles. The van der Waals surface area contributed by atoms with Crippen LogP contribution in [0.15, 0.2) is 18.3 Å². The van der Waals surface area contributed by atoms with Crippen molar-refractivity contribution in [3.8, 4) is 0 Å². The Labute approximate surface area is 114 Å². The van der Waals surface area contributed by atoms with Crippen LogP contribution in [0.5, 0.6) is 0 Å². The van der Waals surface area contributed by atoms with Gasteiger partial charge in [0.1, 0.15) is 5.82 Å². The van der Waals surface area contributed by atoms with E-state index in [1.54, 1.807) is 26.4 Å². The van der Waals surface area contributed by atoms with Crippen LogP contribution in [0.3, 0.4) is 0 Å². The first kappa shape index (κ1) is 15.4. The molecular formula is C14H23N3O2. The molecule has 1 aromatic heterocycles. The molecule has 0 fully saturated rings. The summed E-state index contributed by atoms with van der Waals surface area (Å²) in [6.45, 7) is 3.66. The third kappa shape index (κ3) is 4.52. The van der Waals surface area contributed by atoms with Crippen molar-refractivity contribution in [3.05, 3.63) is 23.9 Å². The number of carbonyl (C=O) groups is 1. The fourth-order valence-corrected chi connectivity index (χ4v) is 1.77. The highest BCUT2D eigenvalue weighted by Gasteiger charge is 2.11. The maximum absolute atomic E-state index is 11.8. The summed E-state index contributed by atoms with van der Waals surface area (Å²) in [4.78, 5) is 19.6. The molecule has 1 amide bonds. The summed E-state index contributed by atoms with van der Waals surface area (Å²) in [5.74, 6) is 0.749. The lowest BCUT2D eigenvalue weighted by Gasteiger charge is -2.22. The molecule has 1 N–H and O–H groups in total. The molecule has 1 heterocycles. The second-order valence-corrected chi connectivity index (χ2v) is 4.67. The number of rotatable bonds is 7. The highest BCUT2D eigenvalue weighted by molar-refractivity contribution is 5.93. The third-order valence-electron chi connectivity index (χ3n) is 2.88. The van der Waals surface area contributed by atoms with Gasteiger partial charge in [-0.25, -0.2) is 4.98 Å². The second-order valence-electron chi connectivity index (χ2n) is 4.67. The number of hydrogen-bond acceptors (Lipinski definition) is 4. The number of pyridine rings is 1. The number of aliphatic hydroxyl groups excluding tert-OH is 1. The fraction of sp³-hybridized carbons (Fsp3) is 0.571. The van der Waals surface area contributed by atoms with Crippen molar-refractivity contribution < 1.29 is 9.90 Å². The van der Waals surface area contributed by atoms with Crippen molar-refractivity contribution in [3.63, 3.8) is 0 Å². The Bertz CT molecular complexity index is 390. The minimum Gasteiger partial charge on any atom is -0.395 e. The van der Waals surface area contributed by atoms with Gasteiger partial charge in [-0.15, -0.1) is 0 Å². The van der Waals surface area contributed by atoms with E-state index in [0.29, 0.717) is 12.1 Å². The van der Waals surface area contributed by atoms with E-state index in [0.717, 1.165) is 25.2 Å². The third-order valence-corrected chi connectivity index (χ3v) is 2.88. The van der Waals surface area contributed by atoms with E-state index < -0.39 is 0 Å². The largest absolute Gasteiger partial charge is 0.395 e. The number of anilines is 1. The van der Waals surface area contributed by atoms with Crippen LogP contribution in [0, 0.1) is 0 Å². The number of hydrogen-bond donors (Lipinski definition) is 1. The Morgan fingerprint density at radius 2 is 2.05 bits per heavy atom. The predicted molar refractivity (Wildman–Crippen MR) is 76.5 cm³/mol. The van der Waals surface area contributed by atoms with E-state index in [1.807, 2.05) is 11.0 Å². The maximum atomic E-state index is 11.8. The monoisotopic (exact) mass is 265 g/mol. The highest BCUT2D eigenvalue weighted by Crippen LogP contribution is 2.13. The van der Waals surface area contributed by atoms with E-state index in [9.17, 15) is 4.79 Å². The average Bonchev–Trinajstić information content (AvgIpc) is 2.42. The minimum atomic E-state index is -0.0543. The Morgan fingerprint density at radius 3 is 2.53 bits per heavy atom. The molecule has 0 aromatic carbocycles. The molecule has 19 heavy (non-hydrogen) atoms. The first-order chi connectivity index (χ1) is 9.10. The molecule has 0 spiro atoms. The summed E-state index contributed by atoms with van der Waals surface area (Å²) in [6, 6.07) is 3.61. The smallest absolute Gasteiger partial charge is 0.254 e. The number of amides is 1. The lowest BCUT2D eigenvalue weighted by molar-refractivity contribution is 0.0827. The lowest BCUT2D eigenvalue weighted by Crippen LogP contribution is -2.29. The SMILES string of the molecule is CCCCN(CCO)c1ccc(C(=O)N(C)C)cn1. The van der Waals surface area contributed by atoms with Crippen LogP contribution in [-0.2, 0) is 0 Å². The van der Waals surface area contributed by atoms with E-state index in [1.165, 1.54) is 4.90 Å². The number of aliphatic hydroxyl groups is 1. The van der Waals surface area contributed by atoms with Crippen molar-refractivity contribution >= 4 is 11.7 Å². The van der Waals surface area contributed by atoms with Gasteiger partial charge >= 0.3 is 0 Å². The quantitative estimate of drug-likeness (QED) is 0.809. The van der Waals surface area contributed by atoms with Crippen LogP contribution in [0.1, 0.15) is 30.1 Å². The van der Waals surface area contributed by atoms with Gasteiger partial charge in [-0.1, -0.05) is 13.3 Å². The fourth-order valence-electron chi connectivity index (χ4n) is 1.77. The molecule has 1 aromatic rings. The van der Waals surface area contributed by atoms with E-state index in [4.69, 9.17) is 5.11 Å². The van der Waals surface area contributed by atoms with Gasteiger partial charge in [-0.3, -0.25) is 4.79 Å². The average molecular weight is 265 g/mol. The first-order valence-corrected chi connectivity index (χ1v) is 6.63. The molecule has 0 aliphatic heterocycles. The summed E-state index contributed by atoms with van der Waals surface area (Å²) in [5, 5.41) is 9.08. The number of aromatic nitrogens is 1. The van der Waals surface area contributed by atoms with Gasteiger partial charge in [-0.05, 0) is 18.6 Å². The van der Waals surface area contributed by atoms with Crippen LogP contribution in [0.25, 0.3) is 0 Å². The molecule has 1 rings (SSSR count). The topological polar surface area (TPSA) is 56.7 Å². The number of unbranched alkanes of at least 4 members (excludes halogenated alkanes) is 1. The van der Waals surface area contributed by atoms with Gasteiger partial charge in [0, 0.05) is 33.4 Å². The summed E-state index contributed by atoms with van der Waals surface area (Å²) in [6.07, 6.45) is 3.74. The standard InChI is InChI=1S/C14H23N3O2/c1-4-5-8-17(9-10-18)13-7-6-12(11-15-13)14(19)16(2)3/h6-7,11,18H,4-5,8-10H2,1-3H3. The zero-order chi connectivity index (χ0) is 14.3. The van der Waals surface area contributed by atoms with E-state index in [-0.39, 0.29) is 12.5 Å². The normalized spacial score (nSPS) is 10.3. The van der Waals surface area contributed by atoms with Crippen molar-refractivity contribution in [2.24, 2.45) is 0 Å². The zero-order valence-electron chi connectivity index (χ0n) is 12.0. The molecule has 106 valence electrons. The Hall–Kier alpha value is -1.62. The number of carbonyl (C=O) groups excluding carboxylic acids is 1. The van der Waals surface area contributed by atoms with E-state index >= 15 is 0 Å². The van der Waals surface area contributed by atoms with Crippen LogP contribution in [0.4, 0.5) is 5.82 Å². The van der Waals surface area contributed by atoms with Gasteiger partial charge in [0.15, 0.2) is 0 Å². The van der Waals surface area contributed by atoms with Crippen LogP contribution in [-0.4, -0.2) is 54.7 Å². The molecular weight excluding hydrogens is 242 g/mol. The van der Waals surface area contributed by atoms with Crippen molar-refractivity contribution in [1.82, 2.24) is 9.88 Å². The molecule has 0 saturated heterocycles. The van der Waals surface area contributed by atoms with Gasteiger partial charge < -0.3 is 14.9 Å². The molecule has 0 radical (unpaired) electrons. The van der Waals surface area contributed by atoms with Gasteiger partial charge in [-0.2, -0.15) is 0 Å². The van der Waals surface area contributed by atoms with Crippen molar-refractivity contribution in [2.75, 3.05) is 38.7 Å². The molecule has 5 nitrogen and oxygen atoms in total. The van der Waals surface area contributed by atoms with Gasteiger partial charge in [0.25, 0.3) is 5.91 Å². The Balaban J connectivity index is 2.79. The molecule has 0 unspecified atom stereocenters. The number of nitrogens with zero attached hydrogens (tertiary/aromatic N) is 3. The predicted octanol–water partition coefficient (Wildman–Crippen LogP) is 1.38. The summed E-state index contributed by atoms with van der Waals surface area (Å²) in [5.41, 5.74) is 0.577. The highest BCUT2D eigenvalue weighted by atomic mass is 16.3. The summed E-state index contributed by atoms with van der Waals surface area (Å²) < 4.78 is 0. The van der Waals surface area contributed by atoms with Gasteiger partial charge in [0.05, 0.1) is 12.2 Å².